The molecule has 0 radical (unpaired) electrons. The molecule has 0 fully saturated rings. The quantitative estimate of drug-likeness (QED) is 0.769. The van der Waals surface area contributed by atoms with Crippen LogP contribution in [-0.2, 0) is 4.79 Å². The summed E-state index contributed by atoms with van der Waals surface area (Å²) in [6.07, 6.45) is 3.71. The SMILES string of the molecule is CCC(=O)C=Cc1ccc(O)c(OC)c1. The molecule has 1 aromatic carbocycles. The second-order valence-corrected chi connectivity index (χ2v) is 3.08. The van der Waals surface area contributed by atoms with Crippen molar-refractivity contribution in [1.29, 1.82) is 0 Å². The van der Waals surface area contributed by atoms with E-state index in [0.717, 1.165) is 5.56 Å². The molecule has 1 rings (SSSR count). The van der Waals surface area contributed by atoms with Crippen LogP contribution in [0.3, 0.4) is 0 Å². The van der Waals surface area contributed by atoms with Crippen molar-refractivity contribution in [2.75, 3.05) is 7.11 Å². The average Bonchev–Trinajstić information content (AvgIpc) is 2.27. The first-order valence-corrected chi connectivity index (χ1v) is 4.75. The van der Waals surface area contributed by atoms with Crippen molar-refractivity contribution in [3.8, 4) is 11.5 Å². The van der Waals surface area contributed by atoms with Gasteiger partial charge in [-0.25, -0.2) is 0 Å². The highest BCUT2D eigenvalue weighted by Crippen LogP contribution is 2.26. The number of ketones is 1. The maximum atomic E-state index is 11.0. The van der Waals surface area contributed by atoms with E-state index in [2.05, 4.69) is 0 Å². The van der Waals surface area contributed by atoms with Gasteiger partial charge in [-0.2, -0.15) is 0 Å². The number of benzene rings is 1. The topological polar surface area (TPSA) is 46.5 Å². The third-order valence-corrected chi connectivity index (χ3v) is 2.01. The van der Waals surface area contributed by atoms with Crippen molar-refractivity contribution in [3.63, 3.8) is 0 Å². The molecule has 80 valence electrons. The van der Waals surface area contributed by atoms with Crippen molar-refractivity contribution >= 4 is 11.9 Å². The van der Waals surface area contributed by atoms with E-state index in [4.69, 9.17) is 4.74 Å². The summed E-state index contributed by atoms with van der Waals surface area (Å²) in [7, 11) is 1.49. The number of carbonyl (C=O) groups excluding carboxylic acids is 1. The Bertz CT molecular complexity index is 380. The summed E-state index contributed by atoms with van der Waals surface area (Å²) in [6.45, 7) is 1.81. The van der Waals surface area contributed by atoms with Gasteiger partial charge in [0, 0.05) is 6.42 Å². The average molecular weight is 206 g/mol. The molecule has 3 heteroatoms. The lowest BCUT2D eigenvalue weighted by Gasteiger charge is -2.03. The molecule has 0 spiro atoms. The Hall–Kier alpha value is -1.77. The van der Waals surface area contributed by atoms with Crippen LogP contribution in [0.15, 0.2) is 24.3 Å². The molecule has 1 aromatic rings. The molecule has 1 N–H and O–H groups in total. The largest absolute Gasteiger partial charge is 0.504 e. The zero-order chi connectivity index (χ0) is 11.3. The van der Waals surface area contributed by atoms with Gasteiger partial charge in [0.05, 0.1) is 7.11 Å². The first-order chi connectivity index (χ1) is 7.17. The Balaban J connectivity index is 2.87. The van der Waals surface area contributed by atoms with Crippen LogP contribution in [0.2, 0.25) is 0 Å². The summed E-state index contributed by atoms with van der Waals surface area (Å²) < 4.78 is 4.95. The van der Waals surface area contributed by atoms with E-state index in [9.17, 15) is 9.90 Å². The number of phenolic OH excluding ortho intramolecular Hbond substituents is 1. The third-order valence-electron chi connectivity index (χ3n) is 2.01. The summed E-state index contributed by atoms with van der Waals surface area (Å²) in [5.74, 6) is 0.569. The highest BCUT2D eigenvalue weighted by Gasteiger charge is 2.00. The second-order valence-electron chi connectivity index (χ2n) is 3.08. The van der Waals surface area contributed by atoms with Gasteiger partial charge in [-0.15, -0.1) is 0 Å². The molecule has 15 heavy (non-hydrogen) atoms. The van der Waals surface area contributed by atoms with Crippen molar-refractivity contribution in [2.45, 2.75) is 13.3 Å². The van der Waals surface area contributed by atoms with E-state index < -0.39 is 0 Å². The molecule has 0 aromatic heterocycles. The van der Waals surface area contributed by atoms with Gasteiger partial charge in [0.15, 0.2) is 17.3 Å². The molecule has 3 nitrogen and oxygen atoms in total. The van der Waals surface area contributed by atoms with Crippen molar-refractivity contribution in [2.24, 2.45) is 0 Å². The fourth-order valence-electron chi connectivity index (χ4n) is 1.10. The van der Waals surface area contributed by atoms with Gasteiger partial charge in [0.1, 0.15) is 0 Å². The molecular weight excluding hydrogens is 192 g/mol. The van der Waals surface area contributed by atoms with Crippen LogP contribution in [0.25, 0.3) is 6.08 Å². The highest BCUT2D eigenvalue weighted by atomic mass is 16.5. The molecule has 0 heterocycles. The summed E-state index contributed by atoms with van der Waals surface area (Å²) in [5.41, 5.74) is 0.825. The van der Waals surface area contributed by atoms with Crippen LogP contribution in [0, 0.1) is 0 Å². The summed E-state index contributed by atoms with van der Waals surface area (Å²) in [6, 6.07) is 4.93. The van der Waals surface area contributed by atoms with E-state index in [-0.39, 0.29) is 11.5 Å². The van der Waals surface area contributed by atoms with E-state index in [0.29, 0.717) is 12.2 Å². The van der Waals surface area contributed by atoms with Gasteiger partial charge < -0.3 is 9.84 Å². The lowest BCUT2D eigenvalue weighted by Crippen LogP contribution is -1.87. The van der Waals surface area contributed by atoms with Crippen LogP contribution in [0.5, 0.6) is 11.5 Å². The Kier molecular flexibility index (Phi) is 3.92. The standard InChI is InChI=1S/C12H14O3/c1-3-10(13)6-4-9-5-7-11(14)12(8-9)15-2/h4-8,14H,3H2,1-2H3. The number of hydrogen-bond donors (Lipinski definition) is 1. The number of aromatic hydroxyl groups is 1. The fourth-order valence-corrected chi connectivity index (χ4v) is 1.10. The Morgan fingerprint density at radius 1 is 1.53 bits per heavy atom. The number of phenols is 1. The monoisotopic (exact) mass is 206 g/mol. The summed E-state index contributed by atoms with van der Waals surface area (Å²) in [5, 5.41) is 9.34. The smallest absolute Gasteiger partial charge is 0.161 e. The molecule has 0 bridgehead atoms. The molecular formula is C12H14O3. The van der Waals surface area contributed by atoms with Crippen LogP contribution in [-0.4, -0.2) is 18.0 Å². The zero-order valence-corrected chi connectivity index (χ0v) is 8.86. The minimum Gasteiger partial charge on any atom is -0.504 e. The molecule has 0 aliphatic heterocycles. The van der Waals surface area contributed by atoms with Crippen molar-refractivity contribution in [3.05, 3.63) is 29.8 Å². The number of carbonyl (C=O) groups is 1. The van der Waals surface area contributed by atoms with Crippen LogP contribution in [0.1, 0.15) is 18.9 Å². The Morgan fingerprint density at radius 2 is 2.27 bits per heavy atom. The van der Waals surface area contributed by atoms with Gasteiger partial charge in [-0.05, 0) is 23.8 Å². The molecule has 0 atom stereocenters. The van der Waals surface area contributed by atoms with Crippen LogP contribution < -0.4 is 4.74 Å². The van der Waals surface area contributed by atoms with Crippen LogP contribution >= 0.6 is 0 Å². The summed E-state index contributed by atoms with van der Waals surface area (Å²) >= 11 is 0. The molecule has 0 aliphatic carbocycles. The van der Waals surface area contributed by atoms with Gasteiger partial charge in [-0.1, -0.05) is 19.1 Å². The third kappa shape index (κ3) is 3.13. The minimum absolute atomic E-state index is 0.0713. The van der Waals surface area contributed by atoms with E-state index in [1.807, 2.05) is 6.92 Å². The molecule has 0 saturated carbocycles. The maximum Gasteiger partial charge on any atom is 0.161 e. The zero-order valence-electron chi connectivity index (χ0n) is 8.86. The maximum absolute atomic E-state index is 11.0. The van der Waals surface area contributed by atoms with E-state index in [1.54, 1.807) is 18.2 Å². The molecule has 0 amide bonds. The van der Waals surface area contributed by atoms with Gasteiger partial charge in [0.2, 0.25) is 0 Å². The van der Waals surface area contributed by atoms with E-state index in [1.165, 1.54) is 19.3 Å². The second kappa shape index (κ2) is 5.20. The first kappa shape index (κ1) is 11.3. The number of hydrogen-bond acceptors (Lipinski definition) is 3. The van der Waals surface area contributed by atoms with Crippen molar-refractivity contribution < 1.29 is 14.6 Å². The van der Waals surface area contributed by atoms with Gasteiger partial charge in [0.25, 0.3) is 0 Å². The predicted octanol–water partition coefficient (Wildman–Crippen LogP) is 2.39. The number of rotatable bonds is 4. The summed E-state index contributed by atoms with van der Waals surface area (Å²) in [4.78, 5) is 11.0. The highest BCUT2D eigenvalue weighted by molar-refractivity contribution is 5.93. The molecule has 0 aliphatic rings. The van der Waals surface area contributed by atoms with Gasteiger partial charge >= 0.3 is 0 Å². The van der Waals surface area contributed by atoms with Crippen LogP contribution in [0.4, 0.5) is 0 Å². The lowest BCUT2D eigenvalue weighted by atomic mass is 10.1. The lowest BCUT2D eigenvalue weighted by molar-refractivity contribution is -0.114. The predicted molar refractivity (Wildman–Crippen MR) is 59.0 cm³/mol. The van der Waals surface area contributed by atoms with Gasteiger partial charge in [-0.3, -0.25) is 4.79 Å². The number of allylic oxidation sites excluding steroid dienone is 1. The van der Waals surface area contributed by atoms with E-state index >= 15 is 0 Å². The molecule has 0 unspecified atom stereocenters. The number of ether oxygens (including phenoxy) is 1. The Morgan fingerprint density at radius 3 is 2.87 bits per heavy atom. The first-order valence-electron chi connectivity index (χ1n) is 4.75. The van der Waals surface area contributed by atoms with Crippen molar-refractivity contribution in [1.82, 2.24) is 0 Å². The minimum atomic E-state index is 0.0713. The fraction of sp³-hybridized carbons (Fsp3) is 0.250. The Labute approximate surface area is 89.0 Å². The number of methoxy groups -OCH3 is 1. The molecule has 0 saturated heterocycles. The normalized spacial score (nSPS) is 10.5.